The molecule has 0 saturated carbocycles. The number of hydrogen-bond acceptors (Lipinski definition) is 12. The normalized spacial score (nSPS) is 10.2. The lowest BCUT2D eigenvalue weighted by Gasteiger charge is -2.13. The van der Waals surface area contributed by atoms with E-state index in [-0.39, 0.29) is 0 Å². The first-order valence-corrected chi connectivity index (χ1v) is 15.3. The van der Waals surface area contributed by atoms with Crippen molar-refractivity contribution in [2.24, 2.45) is 0 Å². The molecule has 4 N–H and O–H groups in total. The van der Waals surface area contributed by atoms with Crippen LogP contribution < -0.4 is 11.5 Å². The van der Waals surface area contributed by atoms with E-state index in [4.69, 9.17) is 30.4 Å². The van der Waals surface area contributed by atoms with Gasteiger partial charge in [-0.1, -0.05) is 47.8 Å². The number of esters is 4. The highest BCUT2D eigenvalue weighted by molar-refractivity contribution is 7.99. The predicted octanol–water partition coefficient (Wildman–Crippen LogP) is 6.60. The molecule has 0 aliphatic rings. The Balaban J connectivity index is 0.000000250. The Labute approximate surface area is 275 Å². The van der Waals surface area contributed by atoms with Crippen molar-refractivity contribution >= 4 is 58.8 Å². The van der Waals surface area contributed by atoms with Crippen LogP contribution in [0.1, 0.15) is 52.6 Å². The molecule has 0 saturated heterocycles. The summed E-state index contributed by atoms with van der Waals surface area (Å²) in [6.07, 6.45) is 0. The van der Waals surface area contributed by atoms with Crippen LogP contribution in [0.3, 0.4) is 0 Å². The second-order valence-corrected chi connectivity index (χ2v) is 11.7. The standard InChI is InChI=1S/2C17H17NO4S/c1-10-8-15(13(18)9-12(10)17(20)22-3)23-14-7-5-4-6-11(14)16(19)21-2;1-10-11(16(19)21-2)8-9-14(15(10)18)23-13-7-5-4-6-12(13)17(20)22-3/h2*4-9H,18H2,1-3H3. The molecule has 0 fully saturated rings. The Hall–Kier alpha value is -4.94. The van der Waals surface area contributed by atoms with E-state index in [0.717, 1.165) is 25.1 Å². The maximum atomic E-state index is 11.8. The van der Waals surface area contributed by atoms with Crippen molar-refractivity contribution in [3.63, 3.8) is 0 Å². The number of ether oxygens (including phenoxy) is 4. The molecular weight excluding hydrogens is 629 g/mol. The van der Waals surface area contributed by atoms with Gasteiger partial charge in [-0.3, -0.25) is 0 Å². The fourth-order valence-electron chi connectivity index (χ4n) is 4.15. The quantitative estimate of drug-likeness (QED) is 0.118. The number of hydrogen-bond donors (Lipinski definition) is 2. The molecule has 4 rings (SSSR count). The van der Waals surface area contributed by atoms with Crippen molar-refractivity contribution in [1.29, 1.82) is 0 Å². The summed E-state index contributed by atoms with van der Waals surface area (Å²) in [5.41, 5.74) is 16.3. The van der Waals surface area contributed by atoms with Gasteiger partial charge in [0, 0.05) is 31.0 Å². The van der Waals surface area contributed by atoms with E-state index >= 15 is 0 Å². The molecular formula is C34H34N2O8S2. The molecule has 0 aromatic heterocycles. The zero-order chi connectivity index (χ0) is 34.0. The van der Waals surface area contributed by atoms with Gasteiger partial charge < -0.3 is 30.4 Å². The van der Waals surface area contributed by atoms with Gasteiger partial charge in [0.2, 0.25) is 0 Å². The lowest BCUT2D eigenvalue weighted by Crippen LogP contribution is -2.07. The summed E-state index contributed by atoms with van der Waals surface area (Å²) in [5, 5.41) is 0. The maximum Gasteiger partial charge on any atom is 0.339 e. The van der Waals surface area contributed by atoms with Crippen LogP contribution in [0.25, 0.3) is 0 Å². The van der Waals surface area contributed by atoms with Crippen molar-refractivity contribution in [3.8, 4) is 0 Å². The van der Waals surface area contributed by atoms with Gasteiger partial charge in [0.15, 0.2) is 0 Å². The van der Waals surface area contributed by atoms with Gasteiger partial charge in [0.25, 0.3) is 0 Å². The van der Waals surface area contributed by atoms with E-state index in [1.54, 1.807) is 55.5 Å². The molecule has 0 amide bonds. The highest BCUT2D eigenvalue weighted by Crippen LogP contribution is 2.38. The highest BCUT2D eigenvalue weighted by Gasteiger charge is 2.18. The molecule has 4 aromatic carbocycles. The van der Waals surface area contributed by atoms with Gasteiger partial charge >= 0.3 is 23.9 Å². The molecule has 0 spiro atoms. The Morgan fingerprint density at radius 3 is 1.46 bits per heavy atom. The number of carbonyl (C=O) groups is 4. The average Bonchev–Trinajstić information content (AvgIpc) is 3.07. The average molecular weight is 663 g/mol. The first kappa shape index (κ1) is 35.5. The number of anilines is 2. The molecule has 0 radical (unpaired) electrons. The number of rotatable bonds is 8. The van der Waals surface area contributed by atoms with Crippen molar-refractivity contribution < 1.29 is 38.1 Å². The fraction of sp³-hybridized carbons (Fsp3) is 0.176. The van der Waals surface area contributed by atoms with Crippen LogP contribution in [0, 0.1) is 13.8 Å². The van der Waals surface area contributed by atoms with Crippen LogP contribution in [0.15, 0.2) is 92.4 Å². The molecule has 0 bridgehead atoms. The summed E-state index contributed by atoms with van der Waals surface area (Å²) >= 11 is 2.70. The monoisotopic (exact) mass is 662 g/mol. The molecule has 0 atom stereocenters. The predicted molar refractivity (Wildman–Crippen MR) is 178 cm³/mol. The minimum absolute atomic E-state index is 0.408. The van der Waals surface area contributed by atoms with Crippen molar-refractivity contribution in [2.75, 3.05) is 39.9 Å². The van der Waals surface area contributed by atoms with Crippen molar-refractivity contribution in [1.82, 2.24) is 0 Å². The minimum Gasteiger partial charge on any atom is -0.465 e. The van der Waals surface area contributed by atoms with E-state index in [1.807, 2.05) is 31.2 Å². The Morgan fingerprint density at radius 1 is 0.522 bits per heavy atom. The molecule has 46 heavy (non-hydrogen) atoms. The fourth-order valence-corrected chi connectivity index (χ4v) is 6.25. The molecule has 12 heteroatoms. The summed E-state index contributed by atoms with van der Waals surface area (Å²) in [7, 11) is 5.33. The molecule has 0 aliphatic heterocycles. The molecule has 240 valence electrons. The Bertz CT molecular complexity index is 1700. The van der Waals surface area contributed by atoms with Crippen LogP contribution in [-0.2, 0) is 18.9 Å². The first-order chi connectivity index (χ1) is 22.0. The third kappa shape index (κ3) is 8.40. The van der Waals surface area contributed by atoms with Crippen LogP contribution >= 0.6 is 23.5 Å². The summed E-state index contributed by atoms with van der Waals surface area (Å²) in [5.74, 6) is -1.68. The third-order valence-corrected chi connectivity index (χ3v) is 8.97. The van der Waals surface area contributed by atoms with E-state index in [9.17, 15) is 19.2 Å². The molecule has 0 unspecified atom stereocenters. The zero-order valence-corrected chi connectivity index (χ0v) is 27.8. The lowest BCUT2D eigenvalue weighted by atomic mass is 10.1. The van der Waals surface area contributed by atoms with Gasteiger partial charge in [-0.15, -0.1) is 0 Å². The molecule has 0 heterocycles. The number of aryl methyl sites for hydroxylation is 1. The molecule has 10 nitrogen and oxygen atoms in total. The van der Waals surface area contributed by atoms with Crippen LogP contribution in [0.4, 0.5) is 11.4 Å². The Kier molecular flexibility index (Phi) is 12.7. The van der Waals surface area contributed by atoms with E-state index in [2.05, 4.69) is 0 Å². The van der Waals surface area contributed by atoms with Gasteiger partial charge in [-0.05, 0) is 73.5 Å². The second kappa shape index (κ2) is 16.4. The second-order valence-electron chi connectivity index (χ2n) is 9.52. The number of nitrogen functional groups attached to an aromatic ring is 2. The van der Waals surface area contributed by atoms with E-state index < -0.39 is 23.9 Å². The van der Waals surface area contributed by atoms with Gasteiger partial charge in [0.05, 0.1) is 50.7 Å². The maximum absolute atomic E-state index is 11.8. The number of nitrogens with two attached hydrogens (primary N) is 2. The number of carbonyl (C=O) groups excluding carboxylic acids is 4. The highest BCUT2D eigenvalue weighted by atomic mass is 32.2. The number of methoxy groups -OCH3 is 4. The SMILES string of the molecule is COC(=O)c1cc(N)c(Sc2ccccc2C(=O)OC)cc1C.COC(=O)c1ccccc1Sc1ccc(C(=O)OC)c(C)c1N. The summed E-state index contributed by atoms with van der Waals surface area (Å²) in [6.45, 7) is 3.57. The van der Waals surface area contributed by atoms with Gasteiger partial charge in [-0.2, -0.15) is 0 Å². The number of benzene rings is 4. The third-order valence-electron chi connectivity index (χ3n) is 6.67. The minimum atomic E-state index is -0.430. The van der Waals surface area contributed by atoms with Gasteiger partial charge in [0.1, 0.15) is 0 Å². The van der Waals surface area contributed by atoms with E-state index in [1.165, 1.54) is 52.0 Å². The smallest absolute Gasteiger partial charge is 0.339 e. The Morgan fingerprint density at radius 2 is 0.957 bits per heavy atom. The van der Waals surface area contributed by atoms with Crippen LogP contribution in [0.5, 0.6) is 0 Å². The largest absolute Gasteiger partial charge is 0.465 e. The summed E-state index contributed by atoms with van der Waals surface area (Å²) < 4.78 is 19.0. The summed E-state index contributed by atoms with van der Waals surface area (Å²) in [4.78, 5) is 50.0. The van der Waals surface area contributed by atoms with Crippen LogP contribution in [-0.4, -0.2) is 52.3 Å². The zero-order valence-electron chi connectivity index (χ0n) is 26.2. The topological polar surface area (TPSA) is 157 Å². The molecule has 4 aromatic rings. The lowest BCUT2D eigenvalue weighted by molar-refractivity contribution is 0.0588. The summed E-state index contributed by atoms with van der Waals surface area (Å²) in [6, 6.07) is 21.0. The van der Waals surface area contributed by atoms with Crippen molar-refractivity contribution in [2.45, 2.75) is 33.4 Å². The first-order valence-electron chi connectivity index (χ1n) is 13.6. The van der Waals surface area contributed by atoms with Crippen LogP contribution in [0.2, 0.25) is 0 Å². The van der Waals surface area contributed by atoms with Crippen molar-refractivity contribution in [3.05, 3.63) is 106 Å². The van der Waals surface area contributed by atoms with Gasteiger partial charge in [-0.25, -0.2) is 19.2 Å². The van der Waals surface area contributed by atoms with E-state index in [0.29, 0.717) is 39.2 Å². The molecule has 0 aliphatic carbocycles.